The van der Waals surface area contributed by atoms with Crippen molar-refractivity contribution in [3.05, 3.63) is 20.8 Å². The molecule has 1 aromatic heterocycles. The average Bonchev–Trinajstić information content (AvgIpc) is 2.71. The summed E-state index contributed by atoms with van der Waals surface area (Å²) in [5.74, 6) is 1.24. The van der Waals surface area contributed by atoms with E-state index in [-0.39, 0.29) is 0 Å². The summed E-state index contributed by atoms with van der Waals surface area (Å²) in [4.78, 5) is 1.44. The second kappa shape index (κ2) is 6.33. The van der Waals surface area contributed by atoms with Gasteiger partial charge in [-0.25, -0.2) is 0 Å². The van der Waals surface area contributed by atoms with Crippen LogP contribution in [0.15, 0.2) is 15.9 Å². The number of halogens is 1. The van der Waals surface area contributed by atoms with E-state index in [1.807, 2.05) is 11.3 Å². The summed E-state index contributed by atoms with van der Waals surface area (Å²) < 4.78 is 1.25. The highest BCUT2D eigenvalue weighted by molar-refractivity contribution is 9.10. The molecule has 17 heavy (non-hydrogen) atoms. The quantitative estimate of drug-likeness (QED) is 0.866. The van der Waals surface area contributed by atoms with E-state index in [9.17, 15) is 0 Å². The van der Waals surface area contributed by atoms with E-state index >= 15 is 0 Å². The summed E-state index contributed by atoms with van der Waals surface area (Å²) in [5, 5.41) is 7.85. The predicted molar refractivity (Wildman–Crippen MR) is 86.6 cm³/mol. The van der Waals surface area contributed by atoms with Crippen molar-refractivity contribution in [2.45, 2.75) is 35.6 Å². The lowest BCUT2D eigenvalue weighted by atomic mass is 10.2. The standard InChI is InChI=1S/C12H18BrNS3/c1-7-8(2)17-10(6-16-7)11(14-3)12-9(13)4-5-15-12/h4-5,7-8,10-11,14H,6H2,1-3H3. The van der Waals surface area contributed by atoms with E-state index in [1.54, 1.807) is 0 Å². The normalized spacial score (nSPS) is 31.4. The third kappa shape index (κ3) is 3.24. The molecule has 0 radical (unpaired) electrons. The molecular weight excluding hydrogens is 334 g/mol. The first kappa shape index (κ1) is 14.3. The van der Waals surface area contributed by atoms with Gasteiger partial charge in [-0.05, 0) is 34.4 Å². The maximum atomic E-state index is 3.66. The monoisotopic (exact) mass is 351 g/mol. The van der Waals surface area contributed by atoms with Crippen LogP contribution in [0.1, 0.15) is 24.8 Å². The number of hydrogen-bond donors (Lipinski definition) is 1. The van der Waals surface area contributed by atoms with Crippen molar-refractivity contribution in [1.29, 1.82) is 0 Å². The predicted octanol–water partition coefficient (Wildman–Crippen LogP) is 4.40. The molecule has 1 N–H and O–H groups in total. The van der Waals surface area contributed by atoms with Crippen molar-refractivity contribution in [2.24, 2.45) is 0 Å². The van der Waals surface area contributed by atoms with Crippen LogP contribution in [-0.4, -0.2) is 28.6 Å². The van der Waals surface area contributed by atoms with E-state index < -0.39 is 0 Å². The molecule has 0 bridgehead atoms. The van der Waals surface area contributed by atoms with Crippen LogP contribution in [0.5, 0.6) is 0 Å². The minimum Gasteiger partial charge on any atom is -0.311 e. The molecule has 2 rings (SSSR count). The van der Waals surface area contributed by atoms with Crippen molar-refractivity contribution in [1.82, 2.24) is 5.32 Å². The van der Waals surface area contributed by atoms with Crippen LogP contribution in [0.25, 0.3) is 0 Å². The third-order valence-electron chi connectivity index (χ3n) is 3.18. The molecule has 1 nitrogen and oxygen atoms in total. The maximum absolute atomic E-state index is 3.66. The lowest BCUT2D eigenvalue weighted by Gasteiger charge is -2.35. The number of thiophene rings is 1. The van der Waals surface area contributed by atoms with Crippen molar-refractivity contribution < 1.29 is 0 Å². The Morgan fingerprint density at radius 3 is 2.71 bits per heavy atom. The van der Waals surface area contributed by atoms with Crippen LogP contribution in [0.4, 0.5) is 0 Å². The van der Waals surface area contributed by atoms with E-state index in [1.165, 1.54) is 15.1 Å². The summed E-state index contributed by atoms with van der Waals surface area (Å²) in [5.41, 5.74) is 0. The average molecular weight is 352 g/mol. The zero-order valence-electron chi connectivity index (χ0n) is 10.3. The molecule has 1 aromatic rings. The number of rotatable bonds is 3. The van der Waals surface area contributed by atoms with Gasteiger partial charge in [0.25, 0.3) is 0 Å². The minimum atomic E-state index is 0.469. The Hall–Kier alpha value is 0.840. The molecular formula is C12H18BrNS3. The van der Waals surface area contributed by atoms with E-state index in [0.29, 0.717) is 11.3 Å². The van der Waals surface area contributed by atoms with Crippen LogP contribution in [-0.2, 0) is 0 Å². The van der Waals surface area contributed by atoms with Crippen LogP contribution >= 0.6 is 50.8 Å². The minimum absolute atomic E-state index is 0.469. The lowest BCUT2D eigenvalue weighted by molar-refractivity contribution is 0.596. The smallest absolute Gasteiger partial charge is 0.0552 e. The van der Waals surface area contributed by atoms with Crippen molar-refractivity contribution in [3.8, 4) is 0 Å². The first-order chi connectivity index (χ1) is 8.13. The second-order valence-corrected chi connectivity index (χ2v) is 9.15. The van der Waals surface area contributed by atoms with Gasteiger partial charge in [0.15, 0.2) is 0 Å². The van der Waals surface area contributed by atoms with Crippen molar-refractivity contribution in [3.63, 3.8) is 0 Å². The Labute approximate surface area is 125 Å². The fourth-order valence-corrected chi connectivity index (χ4v) is 7.01. The van der Waals surface area contributed by atoms with Gasteiger partial charge in [0, 0.05) is 30.9 Å². The fraction of sp³-hybridized carbons (Fsp3) is 0.667. The number of nitrogens with one attached hydrogen (secondary N) is 1. The zero-order chi connectivity index (χ0) is 12.4. The lowest BCUT2D eigenvalue weighted by Crippen LogP contribution is -2.35. The number of thioether (sulfide) groups is 2. The molecule has 4 atom stereocenters. The van der Waals surface area contributed by atoms with Gasteiger partial charge >= 0.3 is 0 Å². The van der Waals surface area contributed by atoms with Crippen LogP contribution < -0.4 is 5.32 Å². The Morgan fingerprint density at radius 1 is 1.41 bits per heavy atom. The SMILES string of the molecule is CNC(c1sccc1Br)C1CSC(C)C(C)S1. The highest BCUT2D eigenvalue weighted by atomic mass is 79.9. The molecule has 0 spiro atoms. The number of hydrogen-bond acceptors (Lipinski definition) is 4. The maximum Gasteiger partial charge on any atom is 0.0552 e. The van der Waals surface area contributed by atoms with Crippen LogP contribution in [0.2, 0.25) is 0 Å². The van der Waals surface area contributed by atoms with Crippen molar-refractivity contribution in [2.75, 3.05) is 12.8 Å². The summed E-state index contributed by atoms with van der Waals surface area (Å²) in [6, 6.07) is 2.62. The van der Waals surface area contributed by atoms with E-state index in [0.717, 1.165) is 10.5 Å². The fourth-order valence-electron chi connectivity index (χ4n) is 2.00. The topological polar surface area (TPSA) is 12.0 Å². The van der Waals surface area contributed by atoms with Crippen molar-refractivity contribution >= 4 is 50.8 Å². The van der Waals surface area contributed by atoms with Gasteiger partial charge in [-0.2, -0.15) is 23.5 Å². The molecule has 2 heterocycles. The Balaban J connectivity index is 2.12. The highest BCUT2D eigenvalue weighted by Gasteiger charge is 2.32. The van der Waals surface area contributed by atoms with Gasteiger partial charge in [-0.3, -0.25) is 0 Å². The Bertz CT molecular complexity index is 368. The molecule has 1 fully saturated rings. The molecule has 0 saturated carbocycles. The third-order valence-corrected chi connectivity index (χ3v) is 8.63. The molecule has 1 aliphatic rings. The first-order valence-electron chi connectivity index (χ1n) is 5.80. The highest BCUT2D eigenvalue weighted by Crippen LogP contribution is 2.43. The summed E-state index contributed by atoms with van der Waals surface area (Å²) in [6.45, 7) is 4.69. The molecule has 96 valence electrons. The molecule has 0 aliphatic carbocycles. The summed E-state index contributed by atoms with van der Waals surface area (Å²) in [6.07, 6.45) is 0. The largest absolute Gasteiger partial charge is 0.311 e. The van der Waals surface area contributed by atoms with Crippen LogP contribution in [0, 0.1) is 0 Å². The summed E-state index contributed by atoms with van der Waals surface area (Å²) in [7, 11) is 2.07. The van der Waals surface area contributed by atoms with Gasteiger partial charge in [0.2, 0.25) is 0 Å². The molecule has 5 heteroatoms. The van der Waals surface area contributed by atoms with Crippen LogP contribution in [0.3, 0.4) is 0 Å². The second-order valence-electron chi connectivity index (χ2n) is 4.32. The molecule has 4 unspecified atom stereocenters. The first-order valence-corrected chi connectivity index (χ1v) is 9.47. The Morgan fingerprint density at radius 2 is 2.18 bits per heavy atom. The van der Waals surface area contributed by atoms with Gasteiger partial charge in [-0.1, -0.05) is 13.8 Å². The molecule has 0 aromatic carbocycles. The van der Waals surface area contributed by atoms with Gasteiger partial charge in [0.05, 0.1) is 6.04 Å². The van der Waals surface area contributed by atoms with Gasteiger partial charge < -0.3 is 5.32 Å². The van der Waals surface area contributed by atoms with E-state index in [2.05, 4.69) is 77.1 Å². The van der Waals surface area contributed by atoms with E-state index in [4.69, 9.17) is 0 Å². The molecule has 1 aliphatic heterocycles. The zero-order valence-corrected chi connectivity index (χ0v) is 14.3. The molecule has 1 saturated heterocycles. The Kier molecular flexibility index (Phi) is 5.31. The van der Waals surface area contributed by atoms with Gasteiger partial charge in [0.1, 0.15) is 0 Å². The molecule has 0 amide bonds. The van der Waals surface area contributed by atoms with Gasteiger partial charge in [-0.15, -0.1) is 11.3 Å². The summed E-state index contributed by atoms with van der Waals surface area (Å²) >= 11 is 9.75.